The van der Waals surface area contributed by atoms with E-state index in [9.17, 15) is 14.4 Å². The second-order valence-corrected chi connectivity index (χ2v) is 6.72. The molecule has 0 aliphatic carbocycles. The molecule has 8 heteroatoms. The van der Waals surface area contributed by atoms with Crippen molar-refractivity contribution in [1.82, 2.24) is 15.2 Å². The minimum Gasteiger partial charge on any atom is -0.341 e. The molecular formula is C20H23N5O3. The van der Waals surface area contributed by atoms with Crippen molar-refractivity contribution in [3.8, 4) is 0 Å². The van der Waals surface area contributed by atoms with E-state index in [2.05, 4.69) is 20.9 Å². The molecule has 1 aliphatic rings. The van der Waals surface area contributed by atoms with Crippen LogP contribution in [-0.2, 0) is 4.79 Å². The molecule has 2 aromatic rings. The van der Waals surface area contributed by atoms with Crippen LogP contribution in [0.1, 0.15) is 30.1 Å². The maximum Gasteiger partial charge on any atom is 0.319 e. The van der Waals surface area contributed by atoms with E-state index in [1.54, 1.807) is 47.5 Å². The van der Waals surface area contributed by atoms with E-state index in [4.69, 9.17) is 0 Å². The van der Waals surface area contributed by atoms with Crippen LogP contribution in [0, 0.1) is 0 Å². The molecule has 0 unspecified atom stereocenters. The fraction of sp³-hybridized carbons (Fsp3) is 0.300. The third kappa shape index (κ3) is 5.29. The summed E-state index contributed by atoms with van der Waals surface area (Å²) in [6.07, 6.45) is 4.53. The first-order valence-corrected chi connectivity index (χ1v) is 9.18. The second kappa shape index (κ2) is 8.98. The third-order valence-electron chi connectivity index (χ3n) is 4.35. The third-order valence-corrected chi connectivity index (χ3v) is 4.35. The van der Waals surface area contributed by atoms with Crippen LogP contribution in [0.5, 0.6) is 0 Å². The molecule has 8 nitrogen and oxygen atoms in total. The number of benzene rings is 1. The van der Waals surface area contributed by atoms with Crippen LogP contribution in [0.15, 0.2) is 48.8 Å². The molecule has 2 heterocycles. The number of hydrogen-bond acceptors (Lipinski definition) is 4. The van der Waals surface area contributed by atoms with Crippen molar-refractivity contribution < 1.29 is 14.4 Å². The summed E-state index contributed by atoms with van der Waals surface area (Å²) in [6.45, 7) is 3.09. The van der Waals surface area contributed by atoms with Crippen molar-refractivity contribution in [2.24, 2.45) is 0 Å². The summed E-state index contributed by atoms with van der Waals surface area (Å²) in [6, 6.07) is 9.69. The first kappa shape index (κ1) is 19.3. The van der Waals surface area contributed by atoms with Gasteiger partial charge in [0.25, 0.3) is 5.91 Å². The number of nitrogens with zero attached hydrogens (tertiary/aromatic N) is 2. The van der Waals surface area contributed by atoms with Crippen molar-refractivity contribution in [2.45, 2.75) is 25.8 Å². The van der Waals surface area contributed by atoms with E-state index in [1.807, 2.05) is 6.92 Å². The first-order chi connectivity index (χ1) is 13.5. The number of carbonyl (C=O) groups is 3. The summed E-state index contributed by atoms with van der Waals surface area (Å²) in [7, 11) is 0. The Morgan fingerprint density at radius 2 is 1.96 bits per heavy atom. The second-order valence-electron chi connectivity index (χ2n) is 6.72. The van der Waals surface area contributed by atoms with Gasteiger partial charge in [-0.25, -0.2) is 4.79 Å². The number of rotatable bonds is 6. The molecule has 0 spiro atoms. The Bertz CT molecular complexity index is 856. The van der Waals surface area contributed by atoms with E-state index in [-0.39, 0.29) is 23.9 Å². The van der Waals surface area contributed by atoms with Gasteiger partial charge in [-0.05, 0) is 43.7 Å². The molecule has 3 N–H and O–H groups in total. The van der Waals surface area contributed by atoms with E-state index < -0.39 is 0 Å². The van der Waals surface area contributed by atoms with Crippen molar-refractivity contribution in [3.05, 3.63) is 54.4 Å². The number of nitrogens with one attached hydrogen (secondary N) is 3. The molecule has 0 radical (unpaired) electrons. The predicted octanol–water partition coefficient (Wildman–Crippen LogP) is 2.47. The average molecular weight is 381 g/mol. The highest BCUT2D eigenvalue weighted by atomic mass is 16.2. The monoisotopic (exact) mass is 381 g/mol. The van der Waals surface area contributed by atoms with Crippen LogP contribution in [0.2, 0.25) is 0 Å². The van der Waals surface area contributed by atoms with Gasteiger partial charge < -0.3 is 20.9 Å². The van der Waals surface area contributed by atoms with Gasteiger partial charge >= 0.3 is 6.03 Å². The molecular weight excluding hydrogens is 358 g/mol. The Balaban J connectivity index is 1.52. The molecule has 1 aromatic heterocycles. The van der Waals surface area contributed by atoms with Crippen LogP contribution in [0.4, 0.5) is 16.2 Å². The summed E-state index contributed by atoms with van der Waals surface area (Å²) in [5, 5.41) is 8.34. The summed E-state index contributed by atoms with van der Waals surface area (Å²) < 4.78 is 0. The lowest BCUT2D eigenvalue weighted by Crippen LogP contribution is -2.44. The van der Waals surface area contributed by atoms with E-state index >= 15 is 0 Å². The lowest BCUT2D eigenvalue weighted by atomic mass is 10.2. The number of likely N-dealkylation sites (tertiary alicyclic amines) is 1. The van der Waals surface area contributed by atoms with Crippen LogP contribution >= 0.6 is 0 Å². The van der Waals surface area contributed by atoms with Gasteiger partial charge in [0, 0.05) is 49.3 Å². The number of carbonyl (C=O) groups excluding carboxylic acids is 3. The smallest absolute Gasteiger partial charge is 0.319 e. The molecule has 0 bridgehead atoms. The normalized spacial score (nSPS) is 14.5. The Morgan fingerprint density at radius 3 is 2.64 bits per heavy atom. The van der Waals surface area contributed by atoms with Crippen LogP contribution in [0.3, 0.4) is 0 Å². The van der Waals surface area contributed by atoms with Gasteiger partial charge in [0.2, 0.25) is 5.91 Å². The van der Waals surface area contributed by atoms with Crippen molar-refractivity contribution in [3.63, 3.8) is 0 Å². The van der Waals surface area contributed by atoms with E-state index in [0.29, 0.717) is 29.9 Å². The molecule has 1 aliphatic heterocycles. The molecule has 146 valence electrons. The van der Waals surface area contributed by atoms with Gasteiger partial charge in [0.05, 0.1) is 5.56 Å². The van der Waals surface area contributed by atoms with E-state index in [0.717, 1.165) is 13.0 Å². The number of pyridine rings is 1. The number of aromatic nitrogens is 1. The SMILES string of the molecule is C[C@H](CN1CCCC1=O)NC(=O)Nc1cccc(NC(=O)c2cccnc2)c1. The standard InChI is InChI=1S/C20H23N5O3/c1-14(13-25-10-4-8-18(25)26)22-20(28)24-17-7-2-6-16(11-17)23-19(27)15-5-3-9-21-12-15/h2-3,5-7,9,11-12,14H,4,8,10,13H2,1H3,(H,23,27)(H2,22,24,28)/t14-/m1/s1. The number of hydrogen-bond donors (Lipinski definition) is 3. The van der Waals surface area contributed by atoms with Gasteiger partial charge in [-0.1, -0.05) is 6.07 Å². The average Bonchev–Trinajstić information content (AvgIpc) is 3.07. The number of urea groups is 1. The summed E-state index contributed by atoms with van der Waals surface area (Å²) >= 11 is 0. The highest BCUT2D eigenvalue weighted by Crippen LogP contribution is 2.16. The Hall–Kier alpha value is -3.42. The summed E-state index contributed by atoms with van der Waals surface area (Å²) in [5.74, 6) is -0.148. The first-order valence-electron chi connectivity index (χ1n) is 9.18. The predicted molar refractivity (Wildman–Crippen MR) is 106 cm³/mol. The molecule has 3 rings (SSSR count). The minimum atomic E-state index is -0.366. The molecule has 4 amide bonds. The lowest BCUT2D eigenvalue weighted by Gasteiger charge is -2.21. The zero-order valence-electron chi connectivity index (χ0n) is 15.6. The molecule has 1 fully saturated rings. The topological polar surface area (TPSA) is 103 Å². The largest absolute Gasteiger partial charge is 0.341 e. The van der Waals surface area contributed by atoms with Crippen LogP contribution < -0.4 is 16.0 Å². The maximum atomic E-state index is 12.2. The molecule has 1 atom stereocenters. The van der Waals surface area contributed by atoms with Crippen molar-refractivity contribution >= 4 is 29.2 Å². The van der Waals surface area contributed by atoms with Gasteiger partial charge in [-0.15, -0.1) is 0 Å². The molecule has 0 saturated carbocycles. The quantitative estimate of drug-likeness (QED) is 0.715. The highest BCUT2D eigenvalue weighted by Gasteiger charge is 2.22. The lowest BCUT2D eigenvalue weighted by molar-refractivity contribution is -0.127. The number of amides is 4. The zero-order valence-corrected chi connectivity index (χ0v) is 15.6. The van der Waals surface area contributed by atoms with Crippen molar-refractivity contribution in [1.29, 1.82) is 0 Å². The Morgan fingerprint density at radius 1 is 1.18 bits per heavy atom. The van der Waals surface area contributed by atoms with Crippen molar-refractivity contribution in [2.75, 3.05) is 23.7 Å². The maximum absolute atomic E-state index is 12.2. The summed E-state index contributed by atoms with van der Waals surface area (Å²) in [4.78, 5) is 41.8. The number of anilines is 2. The summed E-state index contributed by atoms with van der Waals surface area (Å²) in [5.41, 5.74) is 1.55. The van der Waals surface area contributed by atoms with Crippen LogP contribution in [0.25, 0.3) is 0 Å². The molecule has 1 aromatic carbocycles. The van der Waals surface area contributed by atoms with Gasteiger partial charge in [0.1, 0.15) is 0 Å². The van der Waals surface area contributed by atoms with Gasteiger partial charge in [-0.3, -0.25) is 14.6 Å². The van der Waals surface area contributed by atoms with Gasteiger partial charge in [-0.2, -0.15) is 0 Å². The van der Waals surface area contributed by atoms with E-state index in [1.165, 1.54) is 6.20 Å². The Kier molecular flexibility index (Phi) is 6.21. The minimum absolute atomic E-state index is 0.131. The zero-order chi connectivity index (χ0) is 19.9. The highest BCUT2D eigenvalue weighted by molar-refractivity contribution is 6.04. The fourth-order valence-electron chi connectivity index (χ4n) is 3.04. The fourth-order valence-corrected chi connectivity index (χ4v) is 3.04. The molecule has 28 heavy (non-hydrogen) atoms. The Labute approximate surface area is 163 Å². The van der Waals surface area contributed by atoms with Gasteiger partial charge in [0.15, 0.2) is 0 Å². The molecule has 1 saturated heterocycles. The van der Waals surface area contributed by atoms with Crippen LogP contribution in [-0.4, -0.2) is 46.9 Å².